The van der Waals surface area contributed by atoms with Crippen molar-refractivity contribution in [2.75, 3.05) is 19.0 Å². The van der Waals surface area contributed by atoms with E-state index in [1.807, 2.05) is 0 Å². The van der Waals surface area contributed by atoms with Crippen LogP contribution in [0, 0.1) is 0 Å². The molecular formula is C19H25N3O4S. The van der Waals surface area contributed by atoms with Crippen LogP contribution < -0.4 is 4.74 Å². The quantitative estimate of drug-likeness (QED) is 0.492. The van der Waals surface area contributed by atoms with Gasteiger partial charge in [-0.15, -0.1) is 10.2 Å². The van der Waals surface area contributed by atoms with Gasteiger partial charge in [-0.05, 0) is 51.0 Å². The van der Waals surface area contributed by atoms with Gasteiger partial charge < -0.3 is 19.1 Å². The number of nitrogens with zero attached hydrogens (tertiary/aromatic N) is 3. The van der Waals surface area contributed by atoms with Crippen molar-refractivity contribution in [1.82, 2.24) is 14.8 Å². The minimum atomic E-state index is -0.633. The Kier molecular flexibility index (Phi) is 6.73. The molecule has 1 N–H and O–H groups in total. The molecule has 8 heteroatoms. The molecular weight excluding hydrogens is 366 g/mol. The van der Waals surface area contributed by atoms with Gasteiger partial charge in [0.05, 0.1) is 18.3 Å². The predicted molar refractivity (Wildman–Crippen MR) is 102 cm³/mol. The fourth-order valence-electron chi connectivity index (χ4n) is 2.66. The van der Waals surface area contributed by atoms with Crippen LogP contribution in [0.3, 0.4) is 0 Å². The first kappa shape index (κ1) is 19.7. The lowest BCUT2D eigenvalue weighted by Gasteiger charge is -2.13. The zero-order valence-corrected chi connectivity index (χ0v) is 16.4. The summed E-state index contributed by atoms with van der Waals surface area (Å²) in [6.45, 7) is 5.19. The Balaban J connectivity index is 1.46. The molecule has 0 spiro atoms. The molecule has 1 atom stereocenters. The van der Waals surface area contributed by atoms with Crippen molar-refractivity contribution < 1.29 is 19.4 Å². The molecule has 146 valence electrons. The van der Waals surface area contributed by atoms with Gasteiger partial charge in [-0.2, -0.15) is 0 Å². The molecule has 1 aliphatic rings. The van der Waals surface area contributed by atoms with Gasteiger partial charge >= 0.3 is 5.97 Å². The summed E-state index contributed by atoms with van der Waals surface area (Å²) in [6, 6.07) is 6.69. The maximum atomic E-state index is 11.6. The van der Waals surface area contributed by atoms with Gasteiger partial charge in [0.2, 0.25) is 0 Å². The molecule has 0 bridgehead atoms. The lowest BCUT2D eigenvalue weighted by atomic mass is 10.2. The van der Waals surface area contributed by atoms with Crippen molar-refractivity contribution in [3.05, 3.63) is 35.7 Å². The number of carbonyl (C=O) groups is 1. The van der Waals surface area contributed by atoms with Crippen molar-refractivity contribution in [2.24, 2.45) is 0 Å². The number of hydrogen-bond acceptors (Lipinski definition) is 7. The molecule has 1 aromatic heterocycles. The molecule has 0 aliphatic heterocycles. The number of aromatic nitrogens is 3. The number of rotatable bonds is 10. The standard InChI is InChI=1S/C19H25N3O4S/c1-3-22-17(13-5-6-13)20-21-19(22)27-12-15(23)11-26-16-9-7-14(8-10-16)18(24)25-4-2/h7-10,13,15,23H,3-6,11-12H2,1-2H3/t15-/m1/s1. The summed E-state index contributed by atoms with van der Waals surface area (Å²) in [5, 5.41) is 19.6. The van der Waals surface area contributed by atoms with E-state index in [0.717, 1.165) is 17.5 Å². The Labute approximate surface area is 163 Å². The van der Waals surface area contributed by atoms with Crippen molar-refractivity contribution >= 4 is 17.7 Å². The van der Waals surface area contributed by atoms with Crippen LogP contribution in [0.5, 0.6) is 5.75 Å². The first-order chi connectivity index (χ1) is 13.1. The molecule has 27 heavy (non-hydrogen) atoms. The first-order valence-corrected chi connectivity index (χ1v) is 10.2. The Hall–Kier alpha value is -2.06. The zero-order valence-electron chi connectivity index (χ0n) is 15.6. The normalized spacial score (nSPS) is 14.8. The average Bonchev–Trinajstić information content (AvgIpc) is 3.45. The third kappa shape index (κ3) is 5.23. The SMILES string of the molecule is CCOC(=O)c1ccc(OC[C@@H](O)CSc2nnc(C3CC3)n2CC)cc1. The van der Waals surface area contributed by atoms with E-state index in [2.05, 4.69) is 21.7 Å². The van der Waals surface area contributed by atoms with E-state index in [1.54, 1.807) is 31.2 Å². The number of ether oxygens (including phenoxy) is 2. The van der Waals surface area contributed by atoms with Gasteiger partial charge in [0.1, 0.15) is 18.2 Å². The number of carbonyl (C=O) groups excluding carboxylic acids is 1. The van der Waals surface area contributed by atoms with E-state index in [9.17, 15) is 9.90 Å². The van der Waals surface area contributed by atoms with Crippen LogP contribution in [0.15, 0.2) is 29.4 Å². The summed E-state index contributed by atoms with van der Waals surface area (Å²) in [5.41, 5.74) is 0.477. The second-order valence-electron chi connectivity index (χ2n) is 6.38. The molecule has 0 unspecified atom stereocenters. The fourth-order valence-corrected chi connectivity index (χ4v) is 3.58. The van der Waals surface area contributed by atoms with E-state index < -0.39 is 6.10 Å². The highest BCUT2D eigenvalue weighted by molar-refractivity contribution is 7.99. The van der Waals surface area contributed by atoms with Gasteiger partial charge in [0.25, 0.3) is 0 Å². The summed E-state index contributed by atoms with van der Waals surface area (Å²) in [6.07, 6.45) is 1.74. The topological polar surface area (TPSA) is 86.5 Å². The van der Waals surface area contributed by atoms with Crippen LogP contribution in [0.25, 0.3) is 0 Å². The van der Waals surface area contributed by atoms with E-state index in [4.69, 9.17) is 9.47 Å². The van der Waals surface area contributed by atoms with Crippen LogP contribution in [0.2, 0.25) is 0 Å². The number of thioether (sulfide) groups is 1. The first-order valence-electron chi connectivity index (χ1n) is 9.26. The summed E-state index contributed by atoms with van der Waals surface area (Å²) < 4.78 is 12.7. The van der Waals surface area contributed by atoms with Gasteiger partial charge in [0.15, 0.2) is 5.16 Å². The van der Waals surface area contributed by atoms with Gasteiger partial charge in [-0.1, -0.05) is 11.8 Å². The maximum absolute atomic E-state index is 11.6. The van der Waals surface area contributed by atoms with E-state index in [1.165, 1.54) is 24.6 Å². The molecule has 3 rings (SSSR count). The minimum Gasteiger partial charge on any atom is -0.491 e. The third-order valence-electron chi connectivity index (χ3n) is 4.22. The third-order valence-corrected chi connectivity index (χ3v) is 5.33. The van der Waals surface area contributed by atoms with Crippen molar-refractivity contribution in [3.8, 4) is 5.75 Å². The Morgan fingerprint density at radius 3 is 2.67 bits per heavy atom. The number of hydrogen-bond donors (Lipinski definition) is 1. The molecule has 1 aliphatic carbocycles. The number of aliphatic hydroxyl groups is 1. The Bertz CT molecular complexity index is 759. The van der Waals surface area contributed by atoms with E-state index >= 15 is 0 Å². The van der Waals surface area contributed by atoms with Gasteiger partial charge in [0, 0.05) is 18.2 Å². The Morgan fingerprint density at radius 2 is 2.04 bits per heavy atom. The van der Waals surface area contributed by atoms with Gasteiger partial charge in [-0.3, -0.25) is 0 Å². The number of aliphatic hydroxyl groups excluding tert-OH is 1. The predicted octanol–water partition coefficient (Wildman–Crippen LogP) is 2.88. The van der Waals surface area contributed by atoms with Crippen LogP contribution in [-0.2, 0) is 11.3 Å². The van der Waals surface area contributed by atoms with Crippen molar-refractivity contribution in [2.45, 2.75) is 50.4 Å². The highest BCUT2D eigenvalue weighted by atomic mass is 32.2. The minimum absolute atomic E-state index is 0.168. The summed E-state index contributed by atoms with van der Waals surface area (Å²) >= 11 is 1.49. The number of benzene rings is 1. The largest absolute Gasteiger partial charge is 0.491 e. The molecule has 1 fully saturated rings. The van der Waals surface area contributed by atoms with Crippen LogP contribution in [0.4, 0.5) is 0 Å². The fraction of sp³-hybridized carbons (Fsp3) is 0.526. The van der Waals surface area contributed by atoms with E-state index in [0.29, 0.717) is 29.6 Å². The average molecular weight is 391 g/mol. The highest BCUT2D eigenvalue weighted by Gasteiger charge is 2.30. The molecule has 0 saturated heterocycles. The Morgan fingerprint density at radius 1 is 1.30 bits per heavy atom. The van der Waals surface area contributed by atoms with Crippen LogP contribution in [-0.4, -0.2) is 50.9 Å². The van der Waals surface area contributed by atoms with Crippen LogP contribution in [0.1, 0.15) is 48.8 Å². The second-order valence-corrected chi connectivity index (χ2v) is 7.37. The smallest absolute Gasteiger partial charge is 0.338 e. The lowest BCUT2D eigenvalue weighted by Crippen LogP contribution is -2.20. The molecule has 1 heterocycles. The summed E-state index contributed by atoms with van der Waals surface area (Å²) in [4.78, 5) is 11.6. The van der Waals surface area contributed by atoms with Gasteiger partial charge in [-0.25, -0.2) is 4.79 Å². The number of esters is 1. The maximum Gasteiger partial charge on any atom is 0.338 e. The van der Waals surface area contributed by atoms with Crippen LogP contribution >= 0.6 is 11.8 Å². The highest BCUT2D eigenvalue weighted by Crippen LogP contribution is 2.40. The molecule has 1 saturated carbocycles. The second kappa shape index (κ2) is 9.23. The molecule has 0 radical (unpaired) electrons. The van der Waals surface area contributed by atoms with Crippen molar-refractivity contribution in [1.29, 1.82) is 0 Å². The molecule has 7 nitrogen and oxygen atoms in total. The molecule has 2 aromatic rings. The summed E-state index contributed by atoms with van der Waals surface area (Å²) in [5.74, 6) is 2.33. The monoisotopic (exact) mass is 391 g/mol. The van der Waals surface area contributed by atoms with E-state index in [-0.39, 0.29) is 12.6 Å². The summed E-state index contributed by atoms with van der Waals surface area (Å²) in [7, 11) is 0. The lowest BCUT2D eigenvalue weighted by molar-refractivity contribution is 0.0526. The zero-order chi connectivity index (χ0) is 19.2. The molecule has 0 amide bonds. The molecule has 1 aromatic carbocycles. The van der Waals surface area contributed by atoms with Crippen molar-refractivity contribution in [3.63, 3.8) is 0 Å².